The summed E-state index contributed by atoms with van der Waals surface area (Å²) in [5.74, 6) is 1.37. The molecule has 0 atom stereocenters. The van der Waals surface area contributed by atoms with Crippen molar-refractivity contribution in [1.29, 1.82) is 0 Å². The summed E-state index contributed by atoms with van der Waals surface area (Å²) in [7, 11) is 0. The van der Waals surface area contributed by atoms with Crippen molar-refractivity contribution >= 4 is 11.6 Å². The molecule has 1 aromatic rings. The van der Waals surface area contributed by atoms with Crippen molar-refractivity contribution in [3.05, 3.63) is 16.8 Å². The number of ether oxygens (including phenoxy) is 2. The van der Waals surface area contributed by atoms with E-state index in [0.717, 1.165) is 43.4 Å². The van der Waals surface area contributed by atoms with Gasteiger partial charge in [0.25, 0.3) is 0 Å². The van der Waals surface area contributed by atoms with Gasteiger partial charge in [-0.1, -0.05) is 45.2 Å². The van der Waals surface area contributed by atoms with Gasteiger partial charge in [0.2, 0.25) is 5.88 Å². The van der Waals surface area contributed by atoms with Crippen LogP contribution in [0.4, 0.5) is 0 Å². The van der Waals surface area contributed by atoms with Gasteiger partial charge in [-0.3, -0.25) is 0 Å². The van der Waals surface area contributed by atoms with Gasteiger partial charge in [0.15, 0.2) is 0 Å². The van der Waals surface area contributed by atoms with Crippen LogP contribution >= 0.6 is 11.6 Å². The molecule has 1 rings (SSSR count). The molecule has 0 fully saturated rings. The van der Waals surface area contributed by atoms with Crippen LogP contribution in [0.3, 0.4) is 0 Å². The molecule has 4 heteroatoms. The van der Waals surface area contributed by atoms with Crippen LogP contribution in [-0.4, -0.2) is 18.2 Å². The minimum absolute atomic E-state index is 0.489. The number of hydrogen-bond donors (Lipinski definition) is 0. The van der Waals surface area contributed by atoms with E-state index in [1.165, 1.54) is 0 Å². The van der Waals surface area contributed by atoms with Gasteiger partial charge >= 0.3 is 0 Å². The fourth-order valence-corrected chi connectivity index (χ4v) is 1.98. The molecule has 0 aromatic carbocycles. The molecular weight excluding hydrogens is 262 g/mol. The van der Waals surface area contributed by atoms with E-state index >= 15 is 0 Å². The highest BCUT2D eigenvalue weighted by Crippen LogP contribution is 2.30. The van der Waals surface area contributed by atoms with E-state index in [0.29, 0.717) is 24.2 Å². The Hall–Kier alpha value is -0.960. The summed E-state index contributed by atoms with van der Waals surface area (Å²) in [6, 6.07) is 1.86. The van der Waals surface area contributed by atoms with Crippen molar-refractivity contribution in [2.45, 2.75) is 52.9 Å². The van der Waals surface area contributed by atoms with Crippen LogP contribution in [0.1, 0.15) is 52.0 Å². The van der Waals surface area contributed by atoms with E-state index < -0.39 is 0 Å². The summed E-state index contributed by atoms with van der Waals surface area (Å²) in [4.78, 5) is 4.27. The Bertz CT molecular complexity index is 383. The van der Waals surface area contributed by atoms with Crippen LogP contribution in [0.15, 0.2) is 6.07 Å². The minimum Gasteiger partial charge on any atom is -0.493 e. The first kappa shape index (κ1) is 16.1. The lowest BCUT2D eigenvalue weighted by atomic mass is 10.2. The lowest BCUT2D eigenvalue weighted by Gasteiger charge is -2.13. The third kappa shape index (κ3) is 5.27. The molecular formula is C15H24ClNO2. The molecule has 0 aliphatic heterocycles. The van der Waals surface area contributed by atoms with Crippen molar-refractivity contribution in [1.82, 2.24) is 4.98 Å². The first-order valence-corrected chi connectivity index (χ1v) is 7.55. The van der Waals surface area contributed by atoms with Gasteiger partial charge in [-0.15, -0.1) is 0 Å². The summed E-state index contributed by atoms with van der Waals surface area (Å²) in [6.45, 7) is 7.69. The fourth-order valence-electron chi connectivity index (χ4n) is 1.67. The highest BCUT2D eigenvalue weighted by Gasteiger charge is 2.11. The minimum atomic E-state index is 0.489. The van der Waals surface area contributed by atoms with E-state index in [-0.39, 0.29) is 0 Å². The maximum absolute atomic E-state index is 6.19. The Balaban J connectivity index is 2.78. The fraction of sp³-hybridized carbons (Fsp3) is 0.667. The Labute approximate surface area is 121 Å². The van der Waals surface area contributed by atoms with Crippen molar-refractivity contribution in [3.8, 4) is 11.6 Å². The number of pyridine rings is 1. The molecule has 0 aliphatic carbocycles. The zero-order chi connectivity index (χ0) is 14.1. The Morgan fingerprint density at radius 2 is 1.68 bits per heavy atom. The molecule has 108 valence electrons. The third-order valence-corrected chi connectivity index (χ3v) is 3.18. The van der Waals surface area contributed by atoms with Crippen LogP contribution in [0.2, 0.25) is 5.15 Å². The molecule has 0 N–H and O–H groups in total. The monoisotopic (exact) mass is 285 g/mol. The van der Waals surface area contributed by atoms with Crippen molar-refractivity contribution in [2.24, 2.45) is 0 Å². The van der Waals surface area contributed by atoms with Crippen LogP contribution in [-0.2, 0) is 6.42 Å². The zero-order valence-corrected chi connectivity index (χ0v) is 12.9. The van der Waals surface area contributed by atoms with Gasteiger partial charge in [0.1, 0.15) is 10.9 Å². The smallest absolute Gasteiger partial charge is 0.218 e. The average molecular weight is 286 g/mol. The number of unbranched alkanes of at least 4 members (excludes halogenated alkanes) is 2. The van der Waals surface area contributed by atoms with Gasteiger partial charge in [0, 0.05) is 11.6 Å². The maximum Gasteiger partial charge on any atom is 0.218 e. The molecule has 0 unspecified atom stereocenters. The van der Waals surface area contributed by atoms with Gasteiger partial charge in [-0.2, -0.15) is 0 Å². The molecule has 0 spiro atoms. The third-order valence-electron chi connectivity index (χ3n) is 2.87. The normalized spacial score (nSPS) is 10.5. The van der Waals surface area contributed by atoms with Crippen LogP contribution in [0.25, 0.3) is 0 Å². The average Bonchev–Trinajstić information content (AvgIpc) is 2.39. The molecule has 3 nitrogen and oxygen atoms in total. The lowest BCUT2D eigenvalue weighted by Crippen LogP contribution is -2.04. The second-order valence-corrected chi connectivity index (χ2v) is 4.84. The Morgan fingerprint density at radius 1 is 1.05 bits per heavy atom. The first-order chi connectivity index (χ1) is 9.22. The van der Waals surface area contributed by atoms with Crippen LogP contribution in [0.5, 0.6) is 11.6 Å². The topological polar surface area (TPSA) is 31.4 Å². The van der Waals surface area contributed by atoms with E-state index in [9.17, 15) is 0 Å². The molecule has 19 heavy (non-hydrogen) atoms. The van der Waals surface area contributed by atoms with E-state index in [2.05, 4.69) is 18.8 Å². The standard InChI is InChI=1S/C15H24ClNO2/c1-4-7-9-18-13-11-14(19-10-8-5-2)17-15(16)12(13)6-3/h11H,4-10H2,1-3H3. The van der Waals surface area contributed by atoms with E-state index in [1.807, 2.05) is 13.0 Å². The molecule has 1 heterocycles. The number of nitrogens with zero attached hydrogens (tertiary/aromatic N) is 1. The maximum atomic E-state index is 6.19. The highest BCUT2D eigenvalue weighted by atomic mass is 35.5. The molecule has 0 saturated heterocycles. The van der Waals surface area contributed by atoms with Crippen molar-refractivity contribution in [2.75, 3.05) is 13.2 Å². The van der Waals surface area contributed by atoms with E-state index in [4.69, 9.17) is 21.1 Å². The molecule has 0 saturated carbocycles. The van der Waals surface area contributed by atoms with Crippen molar-refractivity contribution in [3.63, 3.8) is 0 Å². The number of aromatic nitrogens is 1. The second kappa shape index (κ2) is 9.03. The van der Waals surface area contributed by atoms with Gasteiger partial charge in [0.05, 0.1) is 13.2 Å². The number of hydrogen-bond acceptors (Lipinski definition) is 3. The highest BCUT2D eigenvalue weighted by molar-refractivity contribution is 6.30. The molecule has 0 aliphatic rings. The summed E-state index contributed by atoms with van der Waals surface area (Å²) < 4.78 is 11.4. The number of halogens is 1. The largest absolute Gasteiger partial charge is 0.493 e. The Kier molecular flexibility index (Phi) is 7.65. The first-order valence-electron chi connectivity index (χ1n) is 7.17. The lowest BCUT2D eigenvalue weighted by molar-refractivity contribution is 0.284. The quantitative estimate of drug-likeness (QED) is 0.489. The summed E-state index contributed by atoms with van der Waals surface area (Å²) in [6.07, 6.45) is 5.07. The second-order valence-electron chi connectivity index (χ2n) is 4.49. The van der Waals surface area contributed by atoms with Crippen LogP contribution < -0.4 is 9.47 Å². The van der Waals surface area contributed by atoms with Gasteiger partial charge in [-0.05, 0) is 19.3 Å². The predicted molar refractivity (Wildman–Crippen MR) is 79.4 cm³/mol. The number of rotatable bonds is 9. The summed E-state index contributed by atoms with van der Waals surface area (Å²) >= 11 is 6.19. The molecule has 0 amide bonds. The molecule has 0 bridgehead atoms. The van der Waals surface area contributed by atoms with Gasteiger partial charge < -0.3 is 9.47 Å². The molecule has 1 aromatic heterocycles. The zero-order valence-electron chi connectivity index (χ0n) is 12.2. The molecule has 0 radical (unpaired) electrons. The SMILES string of the molecule is CCCCOc1cc(OCCCC)c(CC)c(Cl)n1. The predicted octanol–water partition coefficient (Wildman–Crippen LogP) is 4.66. The van der Waals surface area contributed by atoms with Gasteiger partial charge in [-0.25, -0.2) is 4.98 Å². The van der Waals surface area contributed by atoms with Crippen LogP contribution in [0, 0.1) is 0 Å². The summed E-state index contributed by atoms with van der Waals surface area (Å²) in [5, 5.41) is 0.489. The summed E-state index contributed by atoms with van der Waals surface area (Å²) in [5.41, 5.74) is 0.959. The van der Waals surface area contributed by atoms with Crippen molar-refractivity contribution < 1.29 is 9.47 Å². The van der Waals surface area contributed by atoms with E-state index in [1.54, 1.807) is 0 Å². The Morgan fingerprint density at radius 3 is 2.26 bits per heavy atom.